The number of nitro groups is 1. The van der Waals surface area contributed by atoms with Gasteiger partial charge >= 0.3 is 5.69 Å². The molecular formula is C9H13ClN2O5S. The Bertz CT molecular complexity index is 532. The molecule has 0 bridgehead atoms. The van der Waals surface area contributed by atoms with E-state index < -0.39 is 14.8 Å². The smallest absolute Gasteiger partial charge is 0.312 e. The molecule has 0 atom stereocenters. The predicted octanol–water partition coefficient (Wildman–Crippen LogP) is 0.758. The van der Waals surface area contributed by atoms with Crippen molar-refractivity contribution in [1.29, 1.82) is 0 Å². The molecule has 0 aromatic heterocycles. The van der Waals surface area contributed by atoms with Gasteiger partial charge in [0.2, 0.25) is 0 Å². The molecule has 102 valence electrons. The lowest BCUT2D eigenvalue weighted by atomic mass is 10.3. The summed E-state index contributed by atoms with van der Waals surface area (Å²) in [4.78, 5) is 9.95. The number of hydrogen-bond acceptors (Lipinski definition) is 6. The maximum Gasteiger partial charge on any atom is 0.312 e. The van der Waals surface area contributed by atoms with Crippen LogP contribution in [0.3, 0.4) is 0 Å². The average Bonchev–Trinajstić information content (AvgIpc) is 2.24. The Balaban J connectivity index is 0.00000289. The largest absolute Gasteiger partial charge is 0.485 e. The van der Waals surface area contributed by atoms with Crippen LogP contribution < -0.4 is 10.5 Å². The number of sulfone groups is 1. The van der Waals surface area contributed by atoms with Crippen molar-refractivity contribution in [2.45, 2.75) is 4.90 Å². The molecule has 1 aromatic carbocycles. The summed E-state index contributed by atoms with van der Waals surface area (Å²) in [5.74, 6) is 0.00727. The first-order chi connectivity index (χ1) is 7.86. The van der Waals surface area contributed by atoms with E-state index in [0.717, 1.165) is 12.3 Å². The number of nitrogens with zero attached hydrogens (tertiary/aromatic N) is 1. The number of ether oxygens (including phenoxy) is 1. The maximum atomic E-state index is 11.2. The lowest BCUT2D eigenvalue weighted by Gasteiger charge is -2.06. The van der Waals surface area contributed by atoms with Gasteiger partial charge in [0.05, 0.1) is 9.82 Å². The van der Waals surface area contributed by atoms with Crippen LogP contribution in [0.2, 0.25) is 0 Å². The Morgan fingerprint density at radius 2 is 2.06 bits per heavy atom. The van der Waals surface area contributed by atoms with E-state index in [-0.39, 0.29) is 41.9 Å². The summed E-state index contributed by atoms with van der Waals surface area (Å²) in [5, 5.41) is 10.8. The van der Waals surface area contributed by atoms with Crippen LogP contribution in [0.5, 0.6) is 5.75 Å². The standard InChI is InChI=1S/C9H12N2O5S.ClH/c1-17(14,15)7-2-3-9(16-5-4-10)8(6-7)11(12)13;/h2-3,6H,4-5,10H2,1H3;1H. The third kappa shape index (κ3) is 4.13. The molecule has 0 unspecified atom stereocenters. The summed E-state index contributed by atoms with van der Waals surface area (Å²) >= 11 is 0. The third-order valence-electron chi connectivity index (χ3n) is 1.93. The molecule has 2 N–H and O–H groups in total. The second-order valence-corrected chi connectivity index (χ2v) is 5.31. The summed E-state index contributed by atoms with van der Waals surface area (Å²) in [5.41, 5.74) is 4.82. The van der Waals surface area contributed by atoms with E-state index in [9.17, 15) is 18.5 Å². The van der Waals surface area contributed by atoms with E-state index in [2.05, 4.69) is 0 Å². The molecule has 0 spiro atoms. The molecule has 0 heterocycles. The molecule has 0 amide bonds. The van der Waals surface area contributed by atoms with Crippen LogP contribution in [-0.2, 0) is 9.84 Å². The zero-order valence-corrected chi connectivity index (χ0v) is 11.2. The normalized spacial score (nSPS) is 10.6. The summed E-state index contributed by atoms with van der Waals surface area (Å²) in [6, 6.07) is 3.49. The number of nitro benzene ring substituents is 1. The molecule has 0 aliphatic carbocycles. The van der Waals surface area contributed by atoms with Crippen molar-refractivity contribution in [2.75, 3.05) is 19.4 Å². The van der Waals surface area contributed by atoms with Crippen molar-refractivity contribution in [2.24, 2.45) is 5.73 Å². The fourth-order valence-corrected chi connectivity index (χ4v) is 1.80. The SMILES string of the molecule is CS(=O)(=O)c1ccc(OCCN)c([N+](=O)[O-])c1.Cl. The van der Waals surface area contributed by atoms with E-state index in [1.54, 1.807) is 0 Å². The quantitative estimate of drug-likeness (QED) is 0.634. The molecule has 0 saturated carbocycles. The molecule has 0 fully saturated rings. The lowest BCUT2D eigenvalue weighted by Crippen LogP contribution is -2.11. The minimum atomic E-state index is -3.48. The Morgan fingerprint density at radius 3 is 2.50 bits per heavy atom. The highest BCUT2D eigenvalue weighted by atomic mass is 35.5. The Kier molecular flexibility index (Phi) is 6.02. The van der Waals surface area contributed by atoms with Gasteiger partial charge in [-0.2, -0.15) is 0 Å². The van der Waals surface area contributed by atoms with Gasteiger partial charge in [-0.15, -0.1) is 12.4 Å². The van der Waals surface area contributed by atoms with Gasteiger partial charge in [0.1, 0.15) is 6.61 Å². The Labute approximate surface area is 110 Å². The van der Waals surface area contributed by atoms with Gasteiger partial charge in [0.25, 0.3) is 0 Å². The molecule has 18 heavy (non-hydrogen) atoms. The van der Waals surface area contributed by atoms with Gasteiger partial charge in [0.15, 0.2) is 15.6 Å². The molecule has 0 aliphatic rings. The third-order valence-corrected chi connectivity index (χ3v) is 3.04. The van der Waals surface area contributed by atoms with E-state index in [1.807, 2.05) is 0 Å². The van der Waals surface area contributed by atoms with Crippen molar-refractivity contribution in [3.05, 3.63) is 28.3 Å². The molecule has 1 aromatic rings. The van der Waals surface area contributed by atoms with E-state index >= 15 is 0 Å². The second-order valence-electron chi connectivity index (χ2n) is 3.30. The highest BCUT2D eigenvalue weighted by Crippen LogP contribution is 2.29. The highest BCUT2D eigenvalue weighted by Gasteiger charge is 2.19. The highest BCUT2D eigenvalue weighted by molar-refractivity contribution is 7.90. The summed E-state index contributed by atoms with van der Waals surface area (Å²) in [6.45, 7) is 0.337. The molecule has 7 nitrogen and oxygen atoms in total. The van der Waals surface area contributed by atoms with E-state index in [1.165, 1.54) is 12.1 Å². The van der Waals surface area contributed by atoms with Gasteiger partial charge in [-0.05, 0) is 12.1 Å². The van der Waals surface area contributed by atoms with Crippen LogP contribution in [0.25, 0.3) is 0 Å². The zero-order chi connectivity index (χ0) is 13.1. The first-order valence-corrected chi connectivity index (χ1v) is 6.56. The van der Waals surface area contributed by atoms with Crippen LogP contribution >= 0.6 is 12.4 Å². The number of halogens is 1. The van der Waals surface area contributed by atoms with Crippen LogP contribution in [0.4, 0.5) is 5.69 Å². The van der Waals surface area contributed by atoms with Gasteiger partial charge in [-0.25, -0.2) is 8.42 Å². The predicted molar refractivity (Wildman–Crippen MR) is 68.0 cm³/mol. The van der Waals surface area contributed by atoms with E-state index in [0.29, 0.717) is 0 Å². The first-order valence-electron chi connectivity index (χ1n) is 4.67. The molecule has 9 heteroatoms. The Morgan fingerprint density at radius 1 is 1.44 bits per heavy atom. The second kappa shape index (κ2) is 6.53. The number of benzene rings is 1. The van der Waals surface area contributed by atoms with Crippen molar-refractivity contribution in [3.63, 3.8) is 0 Å². The molecule has 1 rings (SSSR count). The van der Waals surface area contributed by atoms with Crippen LogP contribution in [-0.4, -0.2) is 32.7 Å². The minimum Gasteiger partial charge on any atom is -0.485 e. The first kappa shape index (κ1) is 16.6. The fourth-order valence-electron chi connectivity index (χ4n) is 1.16. The average molecular weight is 297 g/mol. The zero-order valence-electron chi connectivity index (χ0n) is 9.53. The van der Waals surface area contributed by atoms with Crippen LogP contribution in [0.1, 0.15) is 0 Å². The molecule has 0 radical (unpaired) electrons. The van der Waals surface area contributed by atoms with Gasteiger partial charge < -0.3 is 10.5 Å². The summed E-state index contributed by atoms with van der Waals surface area (Å²) in [6.07, 6.45) is 0.979. The number of nitrogens with two attached hydrogens (primary N) is 1. The van der Waals surface area contributed by atoms with E-state index in [4.69, 9.17) is 10.5 Å². The number of rotatable bonds is 5. The fraction of sp³-hybridized carbons (Fsp3) is 0.333. The monoisotopic (exact) mass is 296 g/mol. The Hall–Kier alpha value is -1.38. The van der Waals surface area contributed by atoms with Gasteiger partial charge in [-0.1, -0.05) is 0 Å². The molecule has 0 saturated heterocycles. The van der Waals surface area contributed by atoms with Gasteiger partial charge in [-0.3, -0.25) is 10.1 Å². The lowest BCUT2D eigenvalue weighted by molar-refractivity contribution is -0.386. The topological polar surface area (TPSA) is 113 Å². The van der Waals surface area contributed by atoms with Crippen molar-refractivity contribution in [1.82, 2.24) is 0 Å². The van der Waals surface area contributed by atoms with Crippen molar-refractivity contribution < 1.29 is 18.1 Å². The van der Waals surface area contributed by atoms with Crippen LogP contribution in [0.15, 0.2) is 23.1 Å². The molecule has 0 aliphatic heterocycles. The van der Waals surface area contributed by atoms with Crippen molar-refractivity contribution in [3.8, 4) is 5.75 Å². The summed E-state index contributed by atoms with van der Waals surface area (Å²) in [7, 11) is -3.48. The summed E-state index contributed by atoms with van der Waals surface area (Å²) < 4.78 is 27.6. The maximum absolute atomic E-state index is 11.2. The van der Waals surface area contributed by atoms with Gasteiger partial charge in [0, 0.05) is 18.9 Å². The van der Waals surface area contributed by atoms with Crippen molar-refractivity contribution >= 4 is 27.9 Å². The van der Waals surface area contributed by atoms with Crippen LogP contribution in [0, 0.1) is 10.1 Å². The minimum absolute atomic E-state index is 0. The molecular weight excluding hydrogens is 284 g/mol. The number of hydrogen-bond donors (Lipinski definition) is 1.